The molecule has 1 unspecified atom stereocenters. The molecule has 0 aliphatic carbocycles. The van der Waals surface area contributed by atoms with E-state index in [1.165, 1.54) is 12.1 Å². The van der Waals surface area contributed by atoms with E-state index in [0.717, 1.165) is 19.4 Å². The Morgan fingerprint density at radius 1 is 1.36 bits per heavy atom. The monoisotopic (exact) mass is 217 g/mol. The molecule has 1 saturated heterocycles. The summed E-state index contributed by atoms with van der Waals surface area (Å²) < 4.78 is 26.8. The highest BCUT2D eigenvalue weighted by molar-refractivity contribution is 6.30. The fourth-order valence-electron chi connectivity index (χ4n) is 1.79. The van der Waals surface area contributed by atoms with Gasteiger partial charge >= 0.3 is 0 Å². The molecule has 4 heteroatoms. The Hall–Kier alpha value is -0.670. The van der Waals surface area contributed by atoms with Gasteiger partial charge in [-0.25, -0.2) is 8.78 Å². The summed E-state index contributed by atoms with van der Waals surface area (Å²) in [6, 6.07) is 2.22. The van der Waals surface area contributed by atoms with Crippen molar-refractivity contribution in [2.75, 3.05) is 6.54 Å². The van der Waals surface area contributed by atoms with Crippen molar-refractivity contribution in [3.63, 3.8) is 0 Å². The average molecular weight is 218 g/mol. The zero-order chi connectivity index (χ0) is 10.1. The third kappa shape index (κ3) is 1.62. The molecule has 76 valence electrons. The van der Waals surface area contributed by atoms with Crippen molar-refractivity contribution in [2.45, 2.75) is 18.9 Å². The summed E-state index contributed by atoms with van der Waals surface area (Å²) in [5, 5.41) is 3.02. The molecule has 0 radical (unpaired) electrons. The van der Waals surface area contributed by atoms with Gasteiger partial charge in [-0.2, -0.15) is 0 Å². The van der Waals surface area contributed by atoms with Crippen LogP contribution in [0.4, 0.5) is 8.78 Å². The van der Waals surface area contributed by atoms with Crippen LogP contribution >= 0.6 is 11.6 Å². The number of nitrogens with one attached hydrogen (secondary N) is 1. The third-order valence-electron chi connectivity index (χ3n) is 2.49. The maximum atomic E-state index is 13.5. The molecule has 0 aromatic heterocycles. The molecule has 1 aliphatic rings. The van der Waals surface area contributed by atoms with Gasteiger partial charge < -0.3 is 5.32 Å². The highest BCUT2D eigenvalue weighted by atomic mass is 35.5. The molecule has 1 aromatic carbocycles. The SMILES string of the molecule is Fc1ccc(Cl)c(F)c1C1CCCN1. The molecule has 1 aliphatic heterocycles. The van der Waals surface area contributed by atoms with Gasteiger partial charge in [-0.3, -0.25) is 0 Å². The number of hydrogen-bond acceptors (Lipinski definition) is 1. The van der Waals surface area contributed by atoms with Crippen molar-refractivity contribution in [1.82, 2.24) is 5.32 Å². The first-order valence-electron chi connectivity index (χ1n) is 4.57. The van der Waals surface area contributed by atoms with Gasteiger partial charge in [0.1, 0.15) is 11.6 Å². The van der Waals surface area contributed by atoms with E-state index in [2.05, 4.69) is 5.32 Å². The summed E-state index contributed by atoms with van der Waals surface area (Å²) in [7, 11) is 0. The van der Waals surface area contributed by atoms with Crippen molar-refractivity contribution >= 4 is 11.6 Å². The van der Waals surface area contributed by atoms with Crippen LogP contribution in [0.25, 0.3) is 0 Å². The fourth-order valence-corrected chi connectivity index (χ4v) is 1.96. The molecule has 14 heavy (non-hydrogen) atoms. The molecule has 0 amide bonds. The van der Waals surface area contributed by atoms with E-state index < -0.39 is 11.6 Å². The molecule has 1 nitrogen and oxygen atoms in total. The van der Waals surface area contributed by atoms with Crippen LogP contribution in [0.3, 0.4) is 0 Å². The first kappa shape index (κ1) is 9.87. The lowest BCUT2D eigenvalue weighted by Crippen LogP contribution is -2.16. The van der Waals surface area contributed by atoms with Gasteiger partial charge in [-0.15, -0.1) is 0 Å². The van der Waals surface area contributed by atoms with Gasteiger partial charge in [0, 0.05) is 11.6 Å². The van der Waals surface area contributed by atoms with Crippen LogP contribution in [0.1, 0.15) is 24.4 Å². The zero-order valence-corrected chi connectivity index (χ0v) is 8.24. The maximum Gasteiger partial charge on any atom is 0.149 e. The lowest BCUT2D eigenvalue weighted by Gasteiger charge is -2.13. The van der Waals surface area contributed by atoms with Crippen LogP contribution in [0.5, 0.6) is 0 Å². The quantitative estimate of drug-likeness (QED) is 0.713. The van der Waals surface area contributed by atoms with Crippen molar-refractivity contribution in [3.8, 4) is 0 Å². The lowest BCUT2D eigenvalue weighted by atomic mass is 10.0. The molecule has 0 bridgehead atoms. The average Bonchev–Trinajstić information content (AvgIpc) is 2.65. The fraction of sp³-hybridized carbons (Fsp3) is 0.400. The normalized spacial score (nSPS) is 21.5. The molecular weight excluding hydrogens is 208 g/mol. The minimum atomic E-state index is -0.633. The number of halogens is 3. The third-order valence-corrected chi connectivity index (χ3v) is 2.78. The minimum absolute atomic E-state index is 0.0184. The van der Waals surface area contributed by atoms with Gasteiger partial charge in [-0.1, -0.05) is 11.6 Å². The van der Waals surface area contributed by atoms with Crippen molar-refractivity contribution in [3.05, 3.63) is 34.4 Å². The summed E-state index contributed by atoms with van der Waals surface area (Å²) in [5.41, 5.74) is 0.0787. The van der Waals surface area contributed by atoms with E-state index in [4.69, 9.17) is 11.6 Å². The van der Waals surface area contributed by atoms with Gasteiger partial charge in [0.2, 0.25) is 0 Å². The van der Waals surface area contributed by atoms with Crippen LogP contribution in [-0.4, -0.2) is 6.54 Å². The second-order valence-corrected chi connectivity index (χ2v) is 3.81. The standard InChI is InChI=1S/C10H10ClF2N/c11-6-3-4-7(12)9(10(6)13)8-2-1-5-14-8/h3-4,8,14H,1-2,5H2. The molecule has 1 fully saturated rings. The number of rotatable bonds is 1. The van der Waals surface area contributed by atoms with E-state index in [9.17, 15) is 8.78 Å². The molecule has 2 rings (SSSR count). The van der Waals surface area contributed by atoms with Crippen LogP contribution in [0.2, 0.25) is 5.02 Å². The van der Waals surface area contributed by atoms with Crippen molar-refractivity contribution in [2.24, 2.45) is 0 Å². The van der Waals surface area contributed by atoms with Gasteiger partial charge in [0.25, 0.3) is 0 Å². The smallest absolute Gasteiger partial charge is 0.149 e. The lowest BCUT2D eigenvalue weighted by molar-refractivity contribution is 0.507. The largest absolute Gasteiger partial charge is 0.310 e. The molecule has 1 aromatic rings. The Kier molecular flexibility index (Phi) is 2.70. The highest BCUT2D eigenvalue weighted by Gasteiger charge is 2.24. The minimum Gasteiger partial charge on any atom is -0.310 e. The van der Waals surface area contributed by atoms with E-state index in [1.807, 2.05) is 0 Å². The first-order valence-corrected chi connectivity index (χ1v) is 4.94. The molecule has 0 saturated carbocycles. The van der Waals surface area contributed by atoms with Crippen LogP contribution in [-0.2, 0) is 0 Å². The summed E-state index contributed by atoms with van der Waals surface area (Å²) in [4.78, 5) is 0. The van der Waals surface area contributed by atoms with Gasteiger partial charge in [0.15, 0.2) is 0 Å². The molecule has 1 N–H and O–H groups in total. The van der Waals surface area contributed by atoms with Crippen LogP contribution in [0, 0.1) is 11.6 Å². The summed E-state index contributed by atoms with van der Waals surface area (Å²) in [6.07, 6.45) is 1.70. The Morgan fingerprint density at radius 2 is 2.14 bits per heavy atom. The molecule has 1 atom stereocenters. The Morgan fingerprint density at radius 3 is 2.79 bits per heavy atom. The van der Waals surface area contributed by atoms with Gasteiger partial charge in [-0.05, 0) is 31.5 Å². The van der Waals surface area contributed by atoms with E-state index in [-0.39, 0.29) is 16.6 Å². The summed E-state index contributed by atoms with van der Waals surface area (Å²) in [5.74, 6) is -1.16. The Balaban J connectivity index is 2.44. The molecule has 0 spiro atoms. The number of benzene rings is 1. The predicted octanol–water partition coefficient (Wildman–Crippen LogP) is 3.04. The van der Waals surface area contributed by atoms with Crippen molar-refractivity contribution < 1.29 is 8.78 Å². The van der Waals surface area contributed by atoms with E-state index >= 15 is 0 Å². The second-order valence-electron chi connectivity index (χ2n) is 3.41. The Labute approximate surface area is 86.1 Å². The highest BCUT2D eigenvalue weighted by Crippen LogP contribution is 2.30. The van der Waals surface area contributed by atoms with E-state index in [0.29, 0.717) is 0 Å². The van der Waals surface area contributed by atoms with Crippen LogP contribution < -0.4 is 5.32 Å². The molecular formula is C10H10ClF2N. The van der Waals surface area contributed by atoms with Crippen LogP contribution in [0.15, 0.2) is 12.1 Å². The first-order chi connectivity index (χ1) is 6.70. The zero-order valence-electron chi connectivity index (χ0n) is 7.49. The van der Waals surface area contributed by atoms with Gasteiger partial charge in [0.05, 0.1) is 5.02 Å². The van der Waals surface area contributed by atoms with Crippen molar-refractivity contribution in [1.29, 1.82) is 0 Å². The topological polar surface area (TPSA) is 12.0 Å². The summed E-state index contributed by atoms with van der Waals surface area (Å²) >= 11 is 5.59. The Bertz CT molecular complexity index is 348. The second kappa shape index (κ2) is 3.83. The maximum absolute atomic E-state index is 13.5. The number of hydrogen-bond donors (Lipinski definition) is 1. The van der Waals surface area contributed by atoms with E-state index in [1.54, 1.807) is 0 Å². The predicted molar refractivity (Wildman–Crippen MR) is 51.3 cm³/mol. The molecule has 1 heterocycles. The summed E-state index contributed by atoms with van der Waals surface area (Å²) in [6.45, 7) is 0.802.